The van der Waals surface area contributed by atoms with Crippen molar-refractivity contribution >= 4 is 28.8 Å². The summed E-state index contributed by atoms with van der Waals surface area (Å²) >= 11 is 0. The van der Waals surface area contributed by atoms with Crippen LogP contribution in [0.15, 0.2) is 36.5 Å². The summed E-state index contributed by atoms with van der Waals surface area (Å²) in [5.41, 5.74) is 3.64. The monoisotopic (exact) mass is 468 g/mol. The second-order valence-corrected chi connectivity index (χ2v) is 9.50. The third-order valence-corrected chi connectivity index (χ3v) is 7.51. The fourth-order valence-electron chi connectivity index (χ4n) is 5.41. The molecule has 1 saturated carbocycles. The topological polar surface area (TPSA) is 66.9 Å². The van der Waals surface area contributed by atoms with Gasteiger partial charge in [-0.05, 0) is 56.4 Å². The first-order valence-corrected chi connectivity index (χ1v) is 12.2. The lowest BCUT2D eigenvalue weighted by atomic mass is 9.86. The molecule has 7 nitrogen and oxygen atoms in total. The minimum Gasteiger partial charge on any atom is -0.381 e. The van der Waals surface area contributed by atoms with Crippen LogP contribution in [0, 0.1) is 5.92 Å². The molecule has 1 aromatic carbocycles. The van der Waals surface area contributed by atoms with Crippen LogP contribution in [0.25, 0.3) is 0 Å². The minimum absolute atomic E-state index is 0.0266. The number of fused-ring (bicyclic) bond motifs is 2. The number of halogens is 1. The third kappa shape index (κ3) is 4.49. The van der Waals surface area contributed by atoms with Gasteiger partial charge < -0.3 is 24.6 Å². The molecule has 2 aliphatic heterocycles. The summed E-state index contributed by atoms with van der Waals surface area (Å²) in [6, 6.07) is 10.00. The number of aromatic nitrogens is 1. The molecule has 34 heavy (non-hydrogen) atoms. The first-order chi connectivity index (χ1) is 16.6. The number of piperidine rings is 1. The molecule has 0 unspecified atom stereocenters. The molecule has 1 saturated heterocycles. The van der Waals surface area contributed by atoms with Crippen molar-refractivity contribution in [3.63, 3.8) is 0 Å². The number of ether oxygens (including phenoxy) is 2. The highest BCUT2D eigenvalue weighted by Gasteiger charge is 2.34. The average Bonchev–Trinajstić information content (AvgIpc) is 3.05. The van der Waals surface area contributed by atoms with Crippen LogP contribution in [-0.2, 0) is 20.8 Å². The van der Waals surface area contributed by atoms with Gasteiger partial charge in [-0.1, -0.05) is 6.07 Å². The summed E-state index contributed by atoms with van der Waals surface area (Å²) < 4.78 is 25.1. The zero-order chi connectivity index (χ0) is 23.7. The van der Waals surface area contributed by atoms with Crippen molar-refractivity contribution in [2.24, 2.45) is 5.92 Å². The summed E-state index contributed by atoms with van der Waals surface area (Å²) in [5, 5.41) is 3.44. The molecule has 182 valence electrons. The SMILES string of the molecule is COC1CCC(C(=O)N2Cc3cccnc3Nc3ccc(N4CC[C@H](F)[C@@H](OC)C4)cc32)CC1. The summed E-state index contributed by atoms with van der Waals surface area (Å²) in [6.07, 6.45) is 4.49. The maximum absolute atomic E-state index is 14.2. The Balaban J connectivity index is 1.47. The van der Waals surface area contributed by atoms with Crippen LogP contribution in [-0.4, -0.2) is 56.6 Å². The minimum atomic E-state index is -0.954. The van der Waals surface area contributed by atoms with E-state index in [2.05, 4.69) is 21.3 Å². The van der Waals surface area contributed by atoms with Gasteiger partial charge in [-0.15, -0.1) is 0 Å². The van der Waals surface area contributed by atoms with Crippen molar-refractivity contribution in [3.05, 3.63) is 42.1 Å². The number of anilines is 4. The maximum Gasteiger partial charge on any atom is 0.230 e. The van der Waals surface area contributed by atoms with Gasteiger partial charge in [0, 0.05) is 50.7 Å². The van der Waals surface area contributed by atoms with Crippen LogP contribution in [0.5, 0.6) is 0 Å². The molecule has 3 heterocycles. The summed E-state index contributed by atoms with van der Waals surface area (Å²) in [7, 11) is 3.31. The van der Waals surface area contributed by atoms with Crippen LogP contribution in [0.3, 0.4) is 0 Å². The smallest absolute Gasteiger partial charge is 0.230 e. The highest BCUT2D eigenvalue weighted by molar-refractivity contribution is 6.00. The largest absolute Gasteiger partial charge is 0.381 e. The Kier molecular flexibility index (Phi) is 6.70. The Labute approximate surface area is 200 Å². The predicted octanol–water partition coefficient (Wildman–Crippen LogP) is 4.44. The zero-order valence-electron chi connectivity index (χ0n) is 19.9. The van der Waals surface area contributed by atoms with Crippen LogP contribution in [0.2, 0.25) is 0 Å². The average molecular weight is 469 g/mol. The summed E-state index contributed by atoms with van der Waals surface area (Å²) in [5.74, 6) is 0.887. The lowest BCUT2D eigenvalue weighted by molar-refractivity contribution is -0.124. The normalized spacial score (nSPS) is 26.8. The fraction of sp³-hybridized carbons (Fsp3) is 0.538. The van der Waals surface area contributed by atoms with Crippen molar-refractivity contribution < 1.29 is 18.7 Å². The molecule has 5 rings (SSSR count). The van der Waals surface area contributed by atoms with E-state index >= 15 is 0 Å². The Morgan fingerprint density at radius 2 is 1.94 bits per heavy atom. The number of benzene rings is 1. The van der Waals surface area contributed by atoms with Gasteiger partial charge in [0.15, 0.2) is 0 Å². The standard InChI is InChI=1S/C26H33FN4O3/c1-33-20-8-5-17(6-9-20)26(32)31-15-18-4-3-12-28-25(18)29-22-10-7-19(14-23(22)31)30-13-11-21(27)24(16-30)34-2/h3-4,7,10,12,14,17,20-21,24H,5-6,8-9,11,13,15-16H2,1-2H3,(H,28,29)/t17?,20?,21-,24-/m0/s1. The maximum atomic E-state index is 14.2. The highest BCUT2D eigenvalue weighted by atomic mass is 19.1. The second-order valence-electron chi connectivity index (χ2n) is 9.50. The number of nitrogens with zero attached hydrogens (tertiary/aromatic N) is 3. The molecule has 2 atom stereocenters. The van der Waals surface area contributed by atoms with Crippen LogP contribution >= 0.6 is 0 Å². The number of amides is 1. The molecular formula is C26H33FN4O3. The van der Waals surface area contributed by atoms with E-state index in [0.29, 0.717) is 26.1 Å². The number of alkyl halides is 1. The lowest BCUT2D eigenvalue weighted by Gasteiger charge is -2.36. The number of methoxy groups -OCH3 is 2. The number of carbonyl (C=O) groups is 1. The van der Waals surface area contributed by atoms with Crippen molar-refractivity contribution in [1.29, 1.82) is 0 Å². The molecule has 0 radical (unpaired) electrons. The van der Waals surface area contributed by atoms with E-state index in [1.807, 2.05) is 29.2 Å². The highest BCUT2D eigenvalue weighted by Crippen LogP contribution is 2.40. The first-order valence-electron chi connectivity index (χ1n) is 12.2. The molecule has 3 aliphatic rings. The molecule has 1 amide bonds. The van der Waals surface area contributed by atoms with Crippen LogP contribution in [0.4, 0.5) is 27.3 Å². The van der Waals surface area contributed by atoms with Crippen LogP contribution < -0.4 is 15.1 Å². The number of carbonyl (C=O) groups excluding carboxylic acids is 1. The summed E-state index contributed by atoms with van der Waals surface area (Å²) in [4.78, 5) is 22.4. The van der Waals surface area contributed by atoms with Gasteiger partial charge in [0.25, 0.3) is 0 Å². The molecule has 0 bridgehead atoms. The van der Waals surface area contributed by atoms with E-state index in [1.54, 1.807) is 20.4 Å². The zero-order valence-corrected chi connectivity index (χ0v) is 19.9. The Bertz CT molecular complexity index is 1030. The molecule has 8 heteroatoms. The number of pyridine rings is 1. The molecule has 2 fully saturated rings. The van der Waals surface area contributed by atoms with Gasteiger partial charge in [-0.25, -0.2) is 9.37 Å². The molecular weight excluding hydrogens is 435 g/mol. The lowest BCUT2D eigenvalue weighted by Crippen LogP contribution is -2.46. The van der Waals surface area contributed by atoms with E-state index in [-0.39, 0.29) is 17.9 Å². The fourth-order valence-corrected chi connectivity index (χ4v) is 5.41. The van der Waals surface area contributed by atoms with E-state index in [1.165, 1.54) is 0 Å². The van der Waals surface area contributed by atoms with Gasteiger partial charge in [-0.3, -0.25) is 4.79 Å². The van der Waals surface area contributed by atoms with Crippen molar-refractivity contribution in [2.75, 3.05) is 42.4 Å². The predicted molar refractivity (Wildman–Crippen MR) is 130 cm³/mol. The Morgan fingerprint density at radius 1 is 1.12 bits per heavy atom. The Morgan fingerprint density at radius 3 is 2.71 bits per heavy atom. The van der Waals surface area contributed by atoms with E-state index < -0.39 is 12.3 Å². The molecule has 1 aliphatic carbocycles. The van der Waals surface area contributed by atoms with Crippen molar-refractivity contribution in [3.8, 4) is 0 Å². The van der Waals surface area contributed by atoms with Crippen molar-refractivity contribution in [2.45, 2.75) is 57.0 Å². The number of rotatable bonds is 4. The third-order valence-electron chi connectivity index (χ3n) is 7.51. The van der Waals surface area contributed by atoms with Gasteiger partial charge in [0.05, 0.1) is 24.0 Å². The van der Waals surface area contributed by atoms with E-state index in [9.17, 15) is 9.18 Å². The summed E-state index contributed by atoms with van der Waals surface area (Å²) in [6.45, 7) is 1.56. The molecule has 0 spiro atoms. The van der Waals surface area contributed by atoms with Gasteiger partial charge in [0.1, 0.15) is 18.1 Å². The molecule has 1 N–H and O–H groups in total. The van der Waals surface area contributed by atoms with Crippen molar-refractivity contribution in [1.82, 2.24) is 4.98 Å². The first kappa shape index (κ1) is 23.1. The van der Waals surface area contributed by atoms with E-state index in [4.69, 9.17) is 9.47 Å². The molecule has 1 aromatic heterocycles. The second kappa shape index (κ2) is 9.88. The number of hydrogen-bond donors (Lipinski definition) is 1. The quantitative estimate of drug-likeness (QED) is 0.716. The van der Waals surface area contributed by atoms with Gasteiger partial charge >= 0.3 is 0 Å². The van der Waals surface area contributed by atoms with Gasteiger partial charge in [0.2, 0.25) is 5.91 Å². The van der Waals surface area contributed by atoms with E-state index in [0.717, 1.165) is 54.1 Å². The molecule has 2 aromatic rings. The number of nitrogens with one attached hydrogen (secondary N) is 1. The Hall–Kier alpha value is -2.71. The van der Waals surface area contributed by atoms with Crippen LogP contribution in [0.1, 0.15) is 37.7 Å². The number of hydrogen-bond acceptors (Lipinski definition) is 6. The van der Waals surface area contributed by atoms with Gasteiger partial charge in [-0.2, -0.15) is 0 Å².